The Morgan fingerprint density at radius 2 is 0.902 bits per heavy atom. The second-order valence-electron chi connectivity index (χ2n) is 8.26. The van der Waals surface area contributed by atoms with Crippen LogP contribution in [0, 0.1) is 0 Å². The Morgan fingerprint density at radius 3 is 1.29 bits per heavy atom. The number of imide groups is 1. The van der Waals surface area contributed by atoms with Crippen LogP contribution in [0.3, 0.4) is 0 Å². The number of phenols is 2. The number of benzene rings is 4. The Labute approximate surface area is 246 Å². The van der Waals surface area contributed by atoms with Gasteiger partial charge in [-0.3, -0.25) is 9.59 Å². The Balaban J connectivity index is 0.000000969. The molecule has 0 fully saturated rings. The molecule has 0 atom stereocenters. The molecule has 5 rings (SSSR count). The molecule has 0 aromatic heterocycles. The number of phenolic OH excluding ortho intramolecular Hbond substituents is 2. The van der Waals surface area contributed by atoms with Crippen LogP contribution in [-0.2, 0) is 5.41 Å². The number of carbonyl (C=O) groups excluding carboxylic acids is 2. The summed E-state index contributed by atoms with van der Waals surface area (Å²) in [5, 5.41) is 19.6. The third-order valence-electron chi connectivity index (χ3n) is 6.37. The predicted molar refractivity (Wildman–Crippen MR) is 171 cm³/mol. The summed E-state index contributed by atoms with van der Waals surface area (Å²) in [6, 6.07) is 28.1. The fourth-order valence-electron chi connectivity index (χ4n) is 4.47. The average molecular weight is 556 g/mol. The number of rotatable bonds is 4. The van der Waals surface area contributed by atoms with Crippen molar-refractivity contribution in [2.45, 2.75) is 67.7 Å². The van der Waals surface area contributed by atoms with Gasteiger partial charge in [0.1, 0.15) is 11.5 Å². The average Bonchev–Trinajstić information content (AvgIpc) is 3.30. The summed E-state index contributed by atoms with van der Waals surface area (Å²) >= 11 is 0. The first-order valence-corrected chi connectivity index (χ1v) is 14.6. The number of hydrogen-bond acceptors (Lipinski definition) is 4. The maximum Gasteiger partial charge on any atom is 0.266 e. The van der Waals surface area contributed by atoms with Crippen LogP contribution in [0.25, 0.3) is 0 Å². The summed E-state index contributed by atoms with van der Waals surface area (Å²) in [6.07, 6.45) is 0. The van der Waals surface area contributed by atoms with E-state index in [1.807, 2.05) is 105 Å². The molecule has 4 aromatic carbocycles. The lowest BCUT2D eigenvalue weighted by Gasteiger charge is -2.32. The fraction of sp³-hybridized carbons (Fsp3) is 0.278. The van der Waals surface area contributed by atoms with Crippen molar-refractivity contribution in [1.82, 2.24) is 0 Å². The van der Waals surface area contributed by atoms with Gasteiger partial charge in [-0.2, -0.15) is 0 Å². The number of amides is 2. The van der Waals surface area contributed by atoms with Gasteiger partial charge in [0, 0.05) is 5.41 Å². The number of nitrogens with zero attached hydrogens (tertiary/aromatic N) is 1. The molecule has 218 valence electrons. The van der Waals surface area contributed by atoms with Gasteiger partial charge in [0.25, 0.3) is 11.8 Å². The molecule has 5 nitrogen and oxygen atoms in total. The smallest absolute Gasteiger partial charge is 0.266 e. The first-order chi connectivity index (χ1) is 19.9. The molecule has 1 aliphatic rings. The predicted octanol–water partition coefficient (Wildman–Crippen LogP) is 9.36. The van der Waals surface area contributed by atoms with Crippen molar-refractivity contribution in [1.29, 1.82) is 0 Å². The highest BCUT2D eigenvalue weighted by atomic mass is 16.3. The summed E-state index contributed by atoms with van der Waals surface area (Å²) < 4.78 is 0. The van der Waals surface area contributed by atoms with Crippen LogP contribution in [0.2, 0.25) is 0 Å². The molecule has 2 amide bonds. The van der Waals surface area contributed by atoms with Gasteiger partial charge in [-0.1, -0.05) is 104 Å². The van der Waals surface area contributed by atoms with E-state index in [-0.39, 0.29) is 23.3 Å². The highest BCUT2D eigenvalue weighted by Crippen LogP contribution is 2.41. The molecule has 0 spiro atoms. The first kappa shape index (κ1) is 34.6. The third-order valence-corrected chi connectivity index (χ3v) is 6.37. The lowest BCUT2D eigenvalue weighted by molar-refractivity contribution is 0.0926. The van der Waals surface area contributed by atoms with Gasteiger partial charge >= 0.3 is 0 Å². The fourth-order valence-corrected chi connectivity index (χ4v) is 4.47. The van der Waals surface area contributed by atoms with Gasteiger partial charge in [-0.05, 0) is 72.1 Å². The topological polar surface area (TPSA) is 77.8 Å². The van der Waals surface area contributed by atoms with Crippen molar-refractivity contribution in [2.75, 3.05) is 4.90 Å². The summed E-state index contributed by atoms with van der Waals surface area (Å²) in [7, 11) is 0. The number of anilines is 1. The zero-order chi connectivity index (χ0) is 31.2. The molecule has 1 heterocycles. The molecule has 0 saturated carbocycles. The Morgan fingerprint density at radius 1 is 0.512 bits per heavy atom. The van der Waals surface area contributed by atoms with Crippen LogP contribution in [0.4, 0.5) is 5.69 Å². The van der Waals surface area contributed by atoms with Crippen LogP contribution >= 0.6 is 0 Å². The van der Waals surface area contributed by atoms with Crippen LogP contribution < -0.4 is 4.90 Å². The van der Waals surface area contributed by atoms with Crippen LogP contribution in [0.1, 0.15) is 99.7 Å². The highest BCUT2D eigenvalue weighted by Gasteiger charge is 2.38. The number of hydrogen-bond donors (Lipinski definition) is 2. The van der Waals surface area contributed by atoms with Crippen LogP contribution in [-0.4, -0.2) is 22.0 Å². The molecule has 0 aliphatic carbocycles. The van der Waals surface area contributed by atoms with Crippen molar-refractivity contribution in [3.05, 3.63) is 125 Å². The van der Waals surface area contributed by atoms with Crippen molar-refractivity contribution in [3.63, 3.8) is 0 Å². The molecular formula is C36H45NO4. The van der Waals surface area contributed by atoms with Crippen LogP contribution in [0.5, 0.6) is 11.5 Å². The number of aromatic hydroxyl groups is 2. The lowest BCUT2D eigenvalue weighted by Crippen LogP contribution is -2.30. The summed E-state index contributed by atoms with van der Waals surface area (Å²) in [5.74, 6) is -0.370. The molecule has 0 saturated heterocycles. The Bertz CT molecular complexity index is 1300. The maximum atomic E-state index is 13.0. The largest absolute Gasteiger partial charge is 0.508 e. The van der Waals surface area contributed by atoms with E-state index in [4.69, 9.17) is 0 Å². The molecular weight excluding hydrogens is 510 g/mol. The van der Waals surface area contributed by atoms with Crippen molar-refractivity contribution in [3.8, 4) is 11.5 Å². The molecule has 0 unspecified atom stereocenters. The van der Waals surface area contributed by atoms with E-state index in [2.05, 4.69) is 0 Å². The SMILES string of the molecule is CC.CC.CC.CC.CC(c1ccc(O)cc1)(c1ccc(O)cc1)c1cccc(N2C(=O)c3ccccc3C2=O)c1. The second kappa shape index (κ2) is 16.7. The second-order valence-corrected chi connectivity index (χ2v) is 8.26. The Kier molecular flexibility index (Phi) is 14.1. The number of fused-ring (bicyclic) bond motifs is 1. The van der Waals surface area contributed by atoms with Crippen molar-refractivity contribution in [2.24, 2.45) is 0 Å². The molecule has 1 aliphatic heterocycles. The van der Waals surface area contributed by atoms with Gasteiger partial charge in [0.05, 0.1) is 16.8 Å². The molecule has 0 radical (unpaired) electrons. The minimum absolute atomic E-state index is 0.159. The van der Waals surface area contributed by atoms with Gasteiger partial charge in [0.15, 0.2) is 0 Å². The summed E-state index contributed by atoms with van der Waals surface area (Å²) in [5.41, 5.74) is 3.27. The molecule has 5 heteroatoms. The normalized spacial score (nSPS) is 11.3. The van der Waals surface area contributed by atoms with Gasteiger partial charge in [-0.15, -0.1) is 0 Å². The van der Waals surface area contributed by atoms with E-state index in [1.54, 1.807) is 54.6 Å². The molecule has 4 aromatic rings. The van der Waals surface area contributed by atoms with Gasteiger partial charge in [-0.25, -0.2) is 4.90 Å². The van der Waals surface area contributed by atoms with Crippen LogP contribution in [0.15, 0.2) is 97.1 Å². The monoisotopic (exact) mass is 555 g/mol. The summed E-state index contributed by atoms with van der Waals surface area (Å²) in [6.45, 7) is 18.0. The van der Waals surface area contributed by atoms with E-state index >= 15 is 0 Å². The quantitative estimate of drug-likeness (QED) is 0.194. The van der Waals surface area contributed by atoms with Gasteiger partial charge < -0.3 is 10.2 Å². The molecule has 2 N–H and O–H groups in total. The minimum Gasteiger partial charge on any atom is -0.508 e. The summed E-state index contributed by atoms with van der Waals surface area (Å²) in [4.78, 5) is 27.3. The molecule has 41 heavy (non-hydrogen) atoms. The van der Waals surface area contributed by atoms with Crippen molar-refractivity contribution < 1.29 is 19.8 Å². The van der Waals surface area contributed by atoms with E-state index in [0.717, 1.165) is 16.7 Å². The minimum atomic E-state index is -0.684. The van der Waals surface area contributed by atoms with E-state index in [9.17, 15) is 19.8 Å². The lowest BCUT2D eigenvalue weighted by atomic mass is 9.71. The molecule has 0 bridgehead atoms. The zero-order valence-electron chi connectivity index (χ0n) is 25.9. The van der Waals surface area contributed by atoms with E-state index in [0.29, 0.717) is 16.8 Å². The number of carbonyl (C=O) groups is 2. The maximum absolute atomic E-state index is 13.0. The van der Waals surface area contributed by atoms with Gasteiger partial charge in [0.2, 0.25) is 0 Å². The van der Waals surface area contributed by atoms with E-state index in [1.165, 1.54) is 4.90 Å². The third kappa shape index (κ3) is 7.23. The van der Waals surface area contributed by atoms with E-state index < -0.39 is 5.41 Å². The van der Waals surface area contributed by atoms with Crippen molar-refractivity contribution >= 4 is 17.5 Å². The highest BCUT2D eigenvalue weighted by molar-refractivity contribution is 6.34. The Hall–Kier alpha value is -4.38. The zero-order valence-corrected chi connectivity index (χ0v) is 25.9. The first-order valence-electron chi connectivity index (χ1n) is 14.6. The standard InChI is InChI=1S/C28H21NO4.4C2H6/c1-28(18-9-13-22(30)14-10-18,19-11-15-23(31)16-12-19)20-5-4-6-21(17-20)29-26(32)24-7-2-3-8-25(24)27(29)33;4*1-2/h2-17,30-31H,1H3;4*1-2H3.